The van der Waals surface area contributed by atoms with E-state index in [1.165, 1.54) is 5.56 Å². The smallest absolute Gasteiger partial charge is 0.303 e. The van der Waals surface area contributed by atoms with Crippen molar-refractivity contribution >= 4 is 11.9 Å². The summed E-state index contributed by atoms with van der Waals surface area (Å²) >= 11 is 0. The van der Waals surface area contributed by atoms with Crippen LogP contribution in [0.1, 0.15) is 37.7 Å². The molecule has 5 heteroatoms. The van der Waals surface area contributed by atoms with Crippen LogP contribution in [0.5, 0.6) is 5.75 Å². The zero-order valence-electron chi connectivity index (χ0n) is 12.4. The largest absolute Gasteiger partial charge is 0.494 e. The second-order valence-electron chi connectivity index (χ2n) is 4.97. The molecule has 1 rings (SSSR count). The van der Waals surface area contributed by atoms with Crippen LogP contribution in [0.4, 0.5) is 0 Å². The Balaban J connectivity index is 2.00. The molecule has 0 atom stereocenters. The maximum atomic E-state index is 11.5. The van der Waals surface area contributed by atoms with E-state index in [4.69, 9.17) is 9.84 Å². The molecular formula is C16H23NO4. The lowest BCUT2D eigenvalue weighted by Crippen LogP contribution is -2.24. The highest BCUT2D eigenvalue weighted by Gasteiger charge is 2.02. The van der Waals surface area contributed by atoms with Gasteiger partial charge in [-0.05, 0) is 38.3 Å². The Kier molecular flexibility index (Phi) is 7.94. The molecule has 0 aliphatic carbocycles. The van der Waals surface area contributed by atoms with E-state index >= 15 is 0 Å². The molecule has 5 nitrogen and oxygen atoms in total. The summed E-state index contributed by atoms with van der Waals surface area (Å²) in [6.45, 7) is 3.06. The Bertz CT molecular complexity index is 442. The van der Waals surface area contributed by atoms with Gasteiger partial charge in [0.1, 0.15) is 5.75 Å². The SMILES string of the molecule is Cc1ccc(OCCCC(=O)NCCCCC(=O)O)cc1. The van der Waals surface area contributed by atoms with E-state index < -0.39 is 5.97 Å². The number of unbranched alkanes of at least 4 members (excludes halogenated alkanes) is 1. The molecule has 1 aromatic rings. The first-order valence-electron chi connectivity index (χ1n) is 7.26. The van der Waals surface area contributed by atoms with E-state index in [9.17, 15) is 9.59 Å². The Hall–Kier alpha value is -2.04. The molecule has 0 heterocycles. The third kappa shape index (κ3) is 8.68. The second-order valence-corrected chi connectivity index (χ2v) is 4.97. The van der Waals surface area contributed by atoms with Crippen LogP contribution in [-0.2, 0) is 9.59 Å². The van der Waals surface area contributed by atoms with Crippen molar-refractivity contribution in [1.29, 1.82) is 0 Å². The Morgan fingerprint density at radius 3 is 2.48 bits per heavy atom. The van der Waals surface area contributed by atoms with Crippen LogP contribution in [0.2, 0.25) is 0 Å². The van der Waals surface area contributed by atoms with E-state index in [1.807, 2.05) is 31.2 Å². The highest BCUT2D eigenvalue weighted by Crippen LogP contribution is 2.11. The fourth-order valence-electron chi connectivity index (χ4n) is 1.77. The number of benzene rings is 1. The van der Waals surface area contributed by atoms with Gasteiger partial charge in [0.25, 0.3) is 0 Å². The van der Waals surface area contributed by atoms with Crippen molar-refractivity contribution in [2.24, 2.45) is 0 Å². The van der Waals surface area contributed by atoms with Gasteiger partial charge in [0, 0.05) is 19.4 Å². The van der Waals surface area contributed by atoms with Gasteiger partial charge < -0.3 is 15.2 Å². The molecule has 0 aromatic heterocycles. The quantitative estimate of drug-likeness (QED) is 0.650. The van der Waals surface area contributed by atoms with Gasteiger partial charge in [0.15, 0.2) is 0 Å². The Labute approximate surface area is 125 Å². The fourth-order valence-corrected chi connectivity index (χ4v) is 1.77. The topological polar surface area (TPSA) is 75.6 Å². The highest BCUT2D eigenvalue weighted by atomic mass is 16.5. The number of aliphatic carboxylic acids is 1. The van der Waals surface area contributed by atoms with Crippen molar-refractivity contribution in [1.82, 2.24) is 5.32 Å². The molecule has 0 saturated heterocycles. The van der Waals surface area contributed by atoms with Gasteiger partial charge in [0.2, 0.25) is 5.91 Å². The molecule has 116 valence electrons. The summed E-state index contributed by atoms with van der Waals surface area (Å²) < 4.78 is 5.54. The molecule has 1 amide bonds. The number of hydrogen-bond acceptors (Lipinski definition) is 3. The first-order valence-corrected chi connectivity index (χ1v) is 7.26. The number of carboxylic acids is 1. The van der Waals surface area contributed by atoms with E-state index in [1.54, 1.807) is 0 Å². The van der Waals surface area contributed by atoms with Crippen LogP contribution in [-0.4, -0.2) is 30.1 Å². The molecule has 21 heavy (non-hydrogen) atoms. The Morgan fingerprint density at radius 2 is 1.81 bits per heavy atom. The second kappa shape index (κ2) is 9.80. The molecule has 1 aromatic carbocycles. The summed E-state index contributed by atoms with van der Waals surface area (Å²) in [6.07, 6.45) is 2.52. The summed E-state index contributed by atoms with van der Waals surface area (Å²) in [5.74, 6) is 0.00194. The van der Waals surface area contributed by atoms with Gasteiger partial charge >= 0.3 is 5.97 Å². The van der Waals surface area contributed by atoms with Gasteiger partial charge in [-0.2, -0.15) is 0 Å². The number of ether oxygens (including phenoxy) is 1. The minimum Gasteiger partial charge on any atom is -0.494 e. The molecule has 0 spiro atoms. The predicted octanol–water partition coefficient (Wildman–Crippen LogP) is 2.53. The first-order chi connectivity index (χ1) is 10.1. The lowest BCUT2D eigenvalue weighted by molar-refractivity contribution is -0.137. The molecule has 0 aliphatic rings. The molecule has 0 fully saturated rings. The first kappa shape index (κ1) is 17.0. The molecule has 0 bridgehead atoms. The van der Waals surface area contributed by atoms with Gasteiger partial charge in [-0.15, -0.1) is 0 Å². The lowest BCUT2D eigenvalue weighted by Gasteiger charge is -2.07. The zero-order chi connectivity index (χ0) is 15.5. The summed E-state index contributed by atoms with van der Waals surface area (Å²) in [5, 5.41) is 11.2. The summed E-state index contributed by atoms with van der Waals surface area (Å²) in [5.41, 5.74) is 1.18. The maximum absolute atomic E-state index is 11.5. The number of carbonyl (C=O) groups is 2. The molecule has 0 saturated carbocycles. The number of carboxylic acid groups (broad SMARTS) is 1. The van der Waals surface area contributed by atoms with Crippen molar-refractivity contribution < 1.29 is 19.4 Å². The average molecular weight is 293 g/mol. The van der Waals surface area contributed by atoms with Crippen LogP contribution < -0.4 is 10.1 Å². The number of aryl methyl sites for hydroxylation is 1. The normalized spacial score (nSPS) is 10.1. The van der Waals surface area contributed by atoms with Crippen molar-refractivity contribution in [3.63, 3.8) is 0 Å². The van der Waals surface area contributed by atoms with Crippen LogP contribution in [0.15, 0.2) is 24.3 Å². The molecular weight excluding hydrogens is 270 g/mol. The van der Waals surface area contributed by atoms with Gasteiger partial charge in [-0.3, -0.25) is 9.59 Å². The summed E-state index contributed by atoms with van der Waals surface area (Å²) in [4.78, 5) is 21.8. The van der Waals surface area contributed by atoms with Crippen molar-refractivity contribution in [3.8, 4) is 5.75 Å². The van der Waals surface area contributed by atoms with E-state index in [-0.39, 0.29) is 12.3 Å². The number of nitrogens with one attached hydrogen (secondary N) is 1. The summed E-state index contributed by atoms with van der Waals surface area (Å²) in [6, 6.07) is 7.80. The molecule has 0 radical (unpaired) electrons. The zero-order valence-corrected chi connectivity index (χ0v) is 12.4. The number of hydrogen-bond donors (Lipinski definition) is 2. The van der Waals surface area contributed by atoms with Crippen molar-refractivity contribution in [3.05, 3.63) is 29.8 Å². The van der Waals surface area contributed by atoms with Crippen LogP contribution in [0.3, 0.4) is 0 Å². The van der Waals surface area contributed by atoms with E-state index in [0.29, 0.717) is 38.8 Å². The standard InChI is InChI=1S/C16H23NO4/c1-13-7-9-14(10-8-13)21-12-4-5-15(18)17-11-3-2-6-16(19)20/h7-10H,2-6,11-12H2,1H3,(H,17,18)(H,19,20). The minimum absolute atomic E-state index is 0.0159. The van der Waals surface area contributed by atoms with E-state index in [2.05, 4.69) is 5.32 Å². The maximum Gasteiger partial charge on any atom is 0.303 e. The van der Waals surface area contributed by atoms with Gasteiger partial charge in [-0.1, -0.05) is 17.7 Å². The van der Waals surface area contributed by atoms with E-state index in [0.717, 1.165) is 5.75 Å². The lowest BCUT2D eigenvalue weighted by atomic mass is 10.2. The number of rotatable bonds is 10. The minimum atomic E-state index is -0.797. The van der Waals surface area contributed by atoms with Gasteiger partial charge in [-0.25, -0.2) is 0 Å². The summed E-state index contributed by atoms with van der Waals surface area (Å²) in [7, 11) is 0. The third-order valence-electron chi connectivity index (χ3n) is 2.98. The van der Waals surface area contributed by atoms with Gasteiger partial charge in [0.05, 0.1) is 6.61 Å². The van der Waals surface area contributed by atoms with Crippen LogP contribution in [0.25, 0.3) is 0 Å². The predicted molar refractivity (Wildman–Crippen MR) is 80.4 cm³/mol. The molecule has 0 aliphatic heterocycles. The fraction of sp³-hybridized carbons (Fsp3) is 0.500. The van der Waals surface area contributed by atoms with Crippen LogP contribution in [0, 0.1) is 6.92 Å². The number of carbonyl (C=O) groups excluding carboxylic acids is 1. The molecule has 0 unspecified atom stereocenters. The van der Waals surface area contributed by atoms with Crippen LogP contribution >= 0.6 is 0 Å². The highest BCUT2D eigenvalue weighted by molar-refractivity contribution is 5.75. The molecule has 2 N–H and O–H groups in total. The average Bonchev–Trinajstić information content (AvgIpc) is 2.45. The Morgan fingerprint density at radius 1 is 1.10 bits per heavy atom. The van der Waals surface area contributed by atoms with Crippen molar-refractivity contribution in [2.45, 2.75) is 39.0 Å². The monoisotopic (exact) mass is 293 g/mol. The van der Waals surface area contributed by atoms with Crippen molar-refractivity contribution in [2.75, 3.05) is 13.2 Å². The third-order valence-corrected chi connectivity index (χ3v) is 2.98. The number of amides is 1.